The lowest BCUT2D eigenvalue weighted by atomic mass is 9.98. The Morgan fingerprint density at radius 2 is 2.27 bits per heavy atom. The molecule has 0 aromatic rings. The Kier molecular flexibility index (Phi) is 3.76. The van der Waals surface area contributed by atoms with E-state index in [2.05, 4.69) is 5.92 Å². The first-order valence-electron chi connectivity index (χ1n) is 5.53. The van der Waals surface area contributed by atoms with E-state index in [4.69, 9.17) is 12.2 Å². The van der Waals surface area contributed by atoms with Gasteiger partial charge in [-0.3, -0.25) is 4.79 Å². The van der Waals surface area contributed by atoms with E-state index in [-0.39, 0.29) is 5.91 Å². The van der Waals surface area contributed by atoms with Crippen LogP contribution in [0.5, 0.6) is 0 Å². The molecule has 3 heteroatoms. The van der Waals surface area contributed by atoms with E-state index in [9.17, 15) is 4.79 Å². The fraction of sp³-hybridized carbons (Fsp3) is 0.750. The highest BCUT2D eigenvalue weighted by Gasteiger charge is 2.33. The monoisotopic (exact) mass is 208 g/mol. The topological polar surface area (TPSA) is 46.3 Å². The largest absolute Gasteiger partial charge is 0.330 e. The zero-order valence-electron chi connectivity index (χ0n) is 9.62. The minimum Gasteiger partial charge on any atom is -0.330 e. The number of nitrogens with zero attached hydrogens (tertiary/aromatic N) is 1. The van der Waals surface area contributed by atoms with Gasteiger partial charge in [0.2, 0.25) is 5.91 Å². The van der Waals surface area contributed by atoms with E-state index in [1.165, 1.54) is 12.8 Å². The van der Waals surface area contributed by atoms with Gasteiger partial charge in [-0.1, -0.05) is 12.8 Å². The average molecular weight is 208 g/mol. The molecule has 1 rings (SSSR count). The number of hydrogen-bond donors (Lipinski definition) is 1. The summed E-state index contributed by atoms with van der Waals surface area (Å²) in [6, 6.07) is 0. The lowest BCUT2D eigenvalue weighted by Crippen LogP contribution is -2.53. The van der Waals surface area contributed by atoms with E-state index in [0.29, 0.717) is 18.9 Å². The highest BCUT2D eigenvalue weighted by molar-refractivity contribution is 5.85. The highest BCUT2D eigenvalue weighted by Crippen LogP contribution is 2.30. The van der Waals surface area contributed by atoms with Crippen molar-refractivity contribution in [1.29, 1.82) is 0 Å². The summed E-state index contributed by atoms with van der Waals surface area (Å²) in [5.41, 5.74) is 5.15. The van der Waals surface area contributed by atoms with Gasteiger partial charge in [0.15, 0.2) is 0 Å². The smallest absolute Gasteiger partial charge is 0.243 e. The van der Waals surface area contributed by atoms with Crippen molar-refractivity contribution in [2.75, 3.05) is 13.1 Å². The molecule has 1 aliphatic carbocycles. The third-order valence-electron chi connectivity index (χ3n) is 2.97. The number of carbonyl (C=O) groups excluding carboxylic acids is 1. The highest BCUT2D eigenvalue weighted by atomic mass is 16.2. The van der Waals surface area contributed by atoms with E-state index in [1.54, 1.807) is 11.8 Å². The van der Waals surface area contributed by atoms with Gasteiger partial charge in [-0.15, -0.1) is 6.42 Å². The van der Waals surface area contributed by atoms with Crippen LogP contribution in [0.2, 0.25) is 0 Å². The lowest BCUT2D eigenvalue weighted by molar-refractivity contribution is -0.136. The molecule has 0 radical (unpaired) electrons. The van der Waals surface area contributed by atoms with Crippen LogP contribution in [0.25, 0.3) is 0 Å². The van der Waals surface area contributed by atoms with Crippen molar-refractivity contribution < 1.29 is 4.79 Å². The summed E-state index contributed by atoms with van der Waals surface area (Å²) in [5.74, 6) is 3.16. The molecule has 84 valence electrons. The van der Waals surface area contributed by atoms with Crippen LogP contribution in [0.4, 0.5) is 0 Å². The standard InChI is InChI=1S/C12H20N2O/c1-4-8-14(9-10-6-7-10)11(15)12(3,13)5-2/h1,10H,5-9,13H2,2-3H3. The molecular weight excluding hydrogens is 188 g/mol. The molecule has 0 saturated heterocycles. The summed E-state index contributed by atoms with van der Waals surface area (Å²) in [6.45, 7) is 4.84. The van der Waals surface area contributed by atoms with Gasteiger partial charge >= 0.3 is 0 Å². The van der Waals surface area contributed by atoms with Crippen LogP contribution in [0, 0.1) is 18.3 Å². The Morgan fingerprint density at radius 3 is 2.67 bits per heavy atom. The first-order valence-corrected chi connectivity index (χ1v) is 5.53. The van der Waals surface area contributed by atoms with Gasteiger partial charge in [-0.05, 0) is 32.1 Å². The van der Waals surface area contributed by atoms with Crippen molar-refractivity contribution in [3.05, 3.63) is 0 Å². The number of carbonyl (C=O) groups is 1. The maximum absolute atomic E-state index is 12.1. The Morgan fingerprint density at radius 1 is 1.67 bits per heavy atom. The molecule has 1 saturated carbocycles. The van der Waals surface area contributed by atoms with Crippen molar-refractivity contribution in [2.24, 2.45) is 11.7 Å². The molecular formula is C12H20N2O. The first-order chi connectivity index (χ1) is 7.01. The van der Waals surface area contributed by atoms with E-state index in [1.807, 2.05) is 6.92 Å². The summed E-state index contributed by atoms with van der Waals surface area (Å²) in [6.07, 6.45) is 8.32. The normalized spacial score (nSPS) is 19.1. The van der Waals surface area contributed by atoms with E-state index in [0.717, 1.165) is 6.54 Å². The molecule has 0 aliphatic heterocycles. The van der Waals surface area contributed by atoms with Crippen LogP contribution in [-0.2, 0) is 4.79 Å². The third-order valence-corrected chi connectivity index (χ3v) is 2.97. The minimum atomic E-state index is -0.772. The quantitative estimate of drug-likeness (QED) is 0.685. The summed E-state index contributed by atoms with van der Waals surface area (Å²) in [5, 5.41) is 0. The first kappa shape index (κ1) is 12.1. The maximum atomic E-state index is 12.1. The SMILES string of the molecule is C#CCN(CC1CC1)C(=O)C(C)(N)CC. The molecule has 0 bridgehead atoms. The lowest BCUT2D eigenvalue weighted by Gasteiger charge is -2.29. The van der Waals surface area contributed by atoms with Crippen molar-refractivity contribution in [3.8, 4) is 12.3 Å². The molecule has 1 atom stereocenters. The van der Waals surface area contributed by atoms with E-state index >= 15 is 0 Å². The van der Waals surface area contributed by atoms with Gasteiger partial charge in [0.25, 0.3) is 0 Å². The van der Waals surface area contributed by atoms with Crippen LogP contribution >= 0.6 is 0 Å². The molecule has 0 spiro atoms. The fourth-order valence-corrected chi connectivity index (χ4v) is 1.45. The molecule has 1 unspecified atom stereocenters. The second-order valence-corrected chi connectivity index (χ2v) is 4.60. The van der Waals surface area contributed by atoms with Gasteiger partial charge in [-0.2, -0.15) is 0 Å². The Bertz CT molecular complexity index is 274. The summed E-state index contributed by atoms with van der Waals surface area (Å²) in [4.78, 5) is 13.8. The summed E-state index contributed by atoms with van der Waals surface area (Å²) >= 11 is 0. The fourth-order valence-electron chi connectivity index (χ4n) is 1.45. The number of rotatable bonds is 5. The molecule has 15 heavy (non-hydrogen) atoms. The summed E-state index contributed by atoms with van der Waals surface area (Å²) < 4.78 is 0. The Hall–Kier alpha value is -1.01. The molecule has 3 nitrogen and oxygen atoms in total. The molecule has 0 aromatic carbocycles. The second-order valence-electron chi connectivity index (χ2n) is 4.60. The molecule has 0 aromatic heterocycles. The van der Waals surface area contributed by atoms with Crippen molar-refractivity contribution in [3.63, 3.8) is 0 Å². The number of hydrogen-bond acceptors (Lipinski definition) is 2. The van der Waals surface area contributed by atoms with Crippen LogP contribution in [0.1, 0.15) is 33.1 Å². The zero-order valence-corrected chi connectivity index (χ0v) is 9.62. The van der Waals surface area contributed by atoms with Gasteiger partial charge in [-0.25, -0.2) is 0 Å². The summed E-state index contributed by atoms with van der Waals surface area (Å²) in [7, 11) is 0. The predicted molar refractivity (Wildman–Crippen MR) is 61.0 cm³/mol. The van der Waals surface area contributed by atoms with E-state index < -0.39 is 5.54 Å². The molecule has 2 N–H and O–H groups in total. The molecule has 1 amide bonds. The second kappa shape index (κ2) is 4.67. The Labute approximate surface area is 92.0 Å². The Balaban J connectivity index is 2.61. The van der Waals surface area contributed by atoms with Crippen molar-refractivity contribution in [1.82, 2.24) is 4.90 Å². The third kappa shape index (κ3) is 3.24. The maximum Gasteiger partial charge on any atom is 0.243 e. The van der Waals surface area contributed by atoms with Crippen molar-refractivity contribution >= 4 is 5.91 Å². The molecule has 1 fully saturated rings. The zero-order chi connectivity index (χ0) is 11.5. The van der Waals surface area contributed by atoms with Crippen LogP contribution in [0.15, 0.2) is 0 Å². The average Bonchev–Trinajstić information content (AvgIpc) is 3.00. The van der Waals surface area contributed by atoms with Gasteiger partial charge in [0, 0.05) is 6.54 Å². The van der Waals surface area contributed by atoms with Crippen LogP contribution < -0.4 is 5.73 Å². The number of nitrogens with two attached hydrogens (primary N) is 1. The van der Waals surface area contributed by atoms with Gasteiger partial charge in [0.05, 0.1) is 12.1 Å². The predicted octanol–water partition coefficient (Wildman–Crippen LogP) is 0.986. The minimum absolute atomic E-state index is 0.0187. The van der Waals surface area contributed by atoms with Crippen molar-refractivity contribution in [2.45, 2.75) is 38.6 Å². The van der Waals surface area contributed by atoms with Crippen LogP contribution in [-0.4, -0.2) is 29.4 Å². The van der Waals surface area contributed by atoms with Gasteiger partial charge < -0.3 is 10.6 Å². The molecule has 1 aliphatic rings. The van der Waals surface area contributed by atoms with Gasteiger partial charge in [0.1, 0.15) is 0 Å². The van der Waals surface area contributed by atoms with Crippen LogP contribution in [0.3, 0.4) is 0 Å². The number of amides is 1. The number of terminal acetylenes is 1. The molecule has 0 heterocycles.